The van der Waals surface area contributed by atoms with E-state index in [1.165, 1.54) is 0 Å². The molecule has 19 heavy (non-hydrogen) atoms. The monoisotopic (exact) mass is 286 g/mol. The number of rotatable bonds is 7. The zero-order chi connectivity index (χ0) is 14.4. The number of benzene rings is 1. The lowest BCUT2D eigenvalue weighted by molar-refractivity contribution is 0.320. The van der Waals surface area contributed by atoms with Gasteiger partial charge in [-0.25, -0.2) is 0 Å². The summed E-state index contributed by atoms with van der Waals surface area (Å²) in [6.07, 6.45) is 2.19. The van der Waals surface area contributed by atoms with Gasteiger partial charge in [0, 0.05) is 5.56 Å². The van der Waals surface area contributed by atoms with Crippen LogP contribution in [0.15, 0.2) is 12.1 Å². The number of hydrogen-bond donors (Lipinski definition) is 0. The molecule has 108 valence electrons. The van der Waals surface area contributed by atoms with Gasteiger partial charge < -0.3 is 14.2 Å². The van der Waals surface area contributed by atoms with Crippen molar-refractivity contribution in [1.29, 1.82) is 0 Å². The molecule has 0 heterocycles. The second-order valence-electron chi connectivity index (χ2n) is 4.59. The van der Waals surface area contributed by atoms with E-state index in [9.17, 15) is 0 Å². The Bertz CT molecular complexity index is 407. The lowest BCUT2D eigenvalue weighted by Crippen LogP contribution is -2.07. The first kappa shape index (κ1) is 16.0. The van der Waals surface area contributed by atoms with Gasteiger partial charge in [-0.15, -0.1) is 11.6 Å². The minimum absolute atomic E-state index is 0.102. The molecule has 3 nitrogen and oxygen atoms in total. The molecule has 1 aromatic carbocycles. The van der Waals surface area contributed by atoms with Crippen LogP contribution in [0, 0.1) is 5.92 Å². The Balaban J connectivity index is 3.20. The third-order valence-corrected chi connectivity index (χ3v) is 3.94. The molecule has 0 aliphatic heterocycles. The molecule has 2 unspecified atom stereocenters. The van der Waals surface area contributed by atoms with E-state index in [-0.39, 0.29) is 5.38 Å². The maximum absolute atomic E-state index is 6.57. The summed E-state index contributed by atoms with van der Waals surface area (Å²) in [6, 6.07) is 3.81. The van der Waals surface area contributed by atoms with Crippen molar-refractivity contribution in [2.24, 2.45) is 5.92 Å². The quantitative estimate of drug-likeness (QED) is 0.694. The van der Waals surface area contributed by atoms with E-state index < -0.39 is 0 Å². The van der Waals surface area contributed by atoms with E-state index in [0.29, 0.717) is 23.2 Å². The molecule has 0 amide bonds. The van der Waals surface area contributed by atoms with Gasteiger partial charge in [0.1, 0.15) is 0 Å². The minimum Gasteiger partial charge on any atom is -0.493 e. The Morgan fingerprint density at radius 1 is 1.05 bits per heavy atom. The molecular weight excluding hydrogens is 264 g/mol. The van der Waals surface area contributed by atoms with Crippen LogP contribution in [-0.4, -0.2) is 21.3 Å². The van der Waals surface area contributed by atoms with Gasteiger partial charge in [-0.1, -0.05) is 20.3 Å². The SMILES string of the molecule is CCCC(C)C(Cl)c1ccc(OC)c(OC)c1OC. The van der Waals surface area contributed by atoms with Gasteiger partial charge in [-0.3, -0.25) is 0 Å². The third-order valence-electron chi connectivity index (χ3n) is 3.28. The van der Waals surface area contributed by atoms with Crippen molar-refractivity contribution in [3.05, 3.63) is 17.7 Å². The summed E-state index contributed by atoms with van der Waals surface area (Å²) in [4.78, 5) is 0. The zero-order valence-corrected chi connectivity index (χ0v) is 13.1. The van der Waals surface area contributed by atoms with Crippen molar-refractivity contribution in [2.45, 2.75) is 32.1 Å². The molecule has 1 aromatic rings. The van der Waals surface area contributed by atoms with Crippen LogP contribution >= 0.6 is 11.6 Å². The van der Waals surface area contributed by atoms with Crippen molar-refractivity contribution < 1.29 is 14.2 Å². The Kier molecular flexibility index (Phi) is 6.29. The number of halogens is 1. The Labute approximate surface area is 120 Å². The Morgan fingerprint density at radius 2 is 1.68 bits per heavy atom. The van der Waals surface area contributed by atoms with Crippen LogP contribution in [0.4, 0.5) is 0 Å². The summed E-state index contributed by atoms with van der Waals surface area (Å²) in [5.74, 6) is 2.27. The largest absolute Gasteiger partial charge is 0.493 e. The fourth-order valence-corrected chi connectivity index (χ4v) is 2.55. The molecule has 4 heteroatoms. The predicted molar refractivity (Wildman–Crippen MR) is 78.8 cm³/mol. The molecule has 0 aliphatic carbocycles. The van der Waals surface area contributed by atoms with Crippen LogP contribution in [0.5, 0.6) is 17.2 Å². The molecule has 0 saturated carbocycles. The van der Waals surface area contributed by atoms with E-state index in [1.807, 2.05) is 12.1 Å². The first-order valence-corrected chi connectivity index (χ1v) is 6.97. The van der Waals surface area contributed by atoms with Crippen LogP contribution in [0.2, 0.25) is 0 Å². The predicted octanol–water partition coefficient (Wildman–Crippen LogP) is 4.43. The zero-order valence-electron chi connectivity index (χ0n) is 12.3. The lowest BCUT2D eigenvalue weighted by atomic mass is 9.95. The number of methoxy groups -OCH3 is 3. The van der Waals surface area contributed by atoms with E-state index in [4.69, 9.17) is 25.8 Å². The number of ether oxygens (including phenoxy) is 3. The third kappa shape index (κ3) is 3.47. The molecule has 2 atom stereocenters. The van der Waals surface area contributed by atoms with Crippen molar-refractivity contribution in [3.8, 4) is 17.2 Å². The number of hydrogen-bond acceptors (Lipinski definition) is 3. The van der Waals surface area contributed by atoms with E-state index in [2.05, 4.69) is 13.8 Å². The van der Waals surface area contributed by atoms with Crippen molar-refractivity contribution in [1.82, 2.24) is 0 Å². The van der Waals surface area contributed by atoms with E-state index in [1.54, 1.807) is 21.3 Å². The molecular formula is C15H23ClO3. The van der Waals surface area contributed by atoms with Gasteiger partial charge in [0.2, 0.25) is 5.75 Å². The second kappa shape index (κ2) is 7.49. The topological polar surface area (TPSA) is 27.7 Å². The summed E-state index contributed by atoms with van der Waals surface area (Å²) >= 11 is 6.57. The summed E-state index contributed by atoms with van der Waals surface area (Å²) in [6.45, 7) is 4.31. The van der Waals surface area contributed by atoms with Crippen molar-refractivity contribution in [3.63, 3.8) is 0 Å². The van der Waals surface area contributed by atoms with Gasteiger partial charge in [-0.05, 0) is 24.5 Å². The smallest absolute Gasteiger partial charge is 0.203 e. The minimum atomic E-state index is -0.102. The second-order valence-corrected chi connectivity index (χ2v) is 5.06. The van der Waals surface area contributed by atoms with Gasteiger partial charge in [0.25, 0.3) is 0 Å². The molecule has 0 saturated heterocycles. The Morgan fingerprint density at radius 3 is 2.16 bits per heavy atom. The highest BCUT2D eigenvalue weighted by Gasteiger charge is 2.24. The molecule has 0 radical (unpaired) electrons. The fourth-order valence-electron chi connectivity index (χ4n) is 2.25. The highest BCUT2D eigenvalue weighted by molar-refractivity contribution is 6.21. The summed E-state index contributed by atoms with van der Waals surface area (Å²) in [7, 11) is 4.83. The molecule has 0 spiro atoms. The molecule has 0 aromatic heterocycles. The molecule has 0 N–H and O–H groups in total. The fraction of sp³-hybridized carbons (Fsp3) is 0.600. The summed E-state index contributed by atoms with van der Waals surface area (Å²) in [5.41, 5.74) is 0.947. The highest BCUT2D eigenvalue weighted by atomic mass is 35.5. The average molecular weight is 287 g/mol. The van der Waals surface area contributed by atoms with Gasteiger partial charge in [-0.2, -0.15) is 0 Å². The van der Waals surface area contributed by atoms with Gasteiger partial charge in [0.15, 0.2) is 11.5 Å². The summed E-state index contributed by atoms with van der Waals surface area (Å²) in [5, 5.41) is -0.102. The van der Waals surface area contributed by atoms with Crippen LogP contribution in [0.25, 0.3) is 0 Å². The maximum atomic E-state index is 6.57. The standard InChI is InChI=1S/C15H23ClO3/c1-6-7-10(2)13(16)11-8-9-12(17-3)15(19-5)14(11)18-4/h8-10,13H,6-7H2,1-5H3. The van der Waals surface area contributed by atoms with Crippen LogP contribution in [0.1, 0.15) is 37.6 Å². The highest BCUT2D eigenvalue weighted by Crippen LogP contribution is 2.46. The van der Waals surface area contributed by atoms with Crippen LogP contribution < -0.4 is 14.2 Å². The van der Waals surface area contributed by atoms with E-state index >= 15 is 0 Å². The van der Waals surface area contributed by atoms with E-state index in [0.717, 1.165) is 18.4 Å². The van der Waals surface area contributed by atoms with Gasteiger partial charge >= 0.3 is 0 Å². The summed E-state index contributed by atoms with van der Waals surface area (Å²) < 4.78 is 16.1. The molecule has 0 bridgehead atoms. The first-order valence-electron chi connectivity index (χ1n) is 6.53. The number of alkyl halides is 1. The van der Waals surface area contributed by atoms with Gasteiger partial charge in [0.05, 0.1) is 26.7 Å². The van der Waals surface area contributed by atoms with Crippen LogP contribution in [-0.2, 0) is 0 Å². The first-order chi connectivity index (χ1) is 9.10. The normalized spacial score (nSPS) is 13.8. The maximum Gasteiger partial charge on any atom is 0.203 e. The van der Waals surface area contributed by atoms with Crippen molar-refractivity contribution in [2.75, 3.05) is 21.3 Å². The lowest BCUT2D eigenvalue weighted by Gasteiger charge is -2.22. The molecule has 0 aliphatic rings. The molecule has 1 rings (SSSR count). The van der Waals surface area contributed by atoms with Crippen molar-refractivity contribution >= 4 is 11.6 Å². The molecule has 0 fully saturated rings. The Hall–Kier alpha value is -1.09. The average Bonchev–Trinajstić information content (AvgIpc) is 2.44. The van der Waals surface area contributed by atoms with Crippen LogP contribution in [0.3, 0.4) is 0 Å².